The first-order chi connectivity index (χ1) is 5.84. The lowest BCUT2D eigenvalue weighted by Gasteiger charge is -1.96. The van der Waals surface area contributed by atoms with Crippen molar-refractivity contribution in [3.05, 3.63) is 35.7 Å². The molecule has 0 aliphatic carbocycles. The molecule has 64 valence electrons. The lowest BCUT2D eigenvalue weighted by Crippen LogP contribution is -1.81. The van der Waals surface area contributed by atoms with Crippen molar-refractivity contribution in [2.75, 3.05) is 5.33 Å². The summed E-state index contributed by atoms with van der Waals surface area (Å²) in [5.74, 6) is 0. The molecule has 0 spiro atoms. The number of aryl methyl sites for hydroxylation is 1. The summed E-state index contributed by atoms with van der Waals surface area (Å²) in [6.07, 6.45) is 9.04. The van der Waals surface area contributed by atoms with Gasteiger partial charge in [0.25, 0.3) is 0 Å². The van der Waals surface area contributed by atoms with Crippen LogP contribution in [0.25, 0.3) is 6.08 Å². The van der Waals surface area contributed by atoms with E-state index in [1.165, 1.54) is 11.1 Å². The molecule has 1 aromatic heterocycles. The lowest BCUT2D eigenvalue weighted by molar-refractivity contribution is 1.25. The monoisotopic (exact) mass is 225 g/mol. The van der Waals surface area contributed by atoms with Crippen LogP contribution in [0.3, 0.4) is 0 Å². The number of pyridine rings is 1. The van der Waals surface area contributed by atoms with Crippen molar-refractivity contribution < 1.29 is 0 Å². The van der Waals surface area contributed by atoms with E-state index in [1.807, 2.05) is 18.5 Å². The predicted molar refractivity (Wildman–Crippen MR) is 56.4 cm³/mol. The van der Waals surface area contributed by atoms with Crippen LogP contribution in [0.5, 0.6) is 0 Å². The van der Waals surface area contributed by atoms with E-state index >= 15 is 0 Å². The van der Waals surface area contributed by atoms with E-state index < -0.39 is 0 Å². The zero-order valence-corrected chi connectivity index (χ0v) is 8.71. The largest absolute Gasteiger partial charge is 0.264 e. The van der Waals surface area contributed by atoms with E-state index in [-0.39, 0.29) is 0 Å². The summed E-state index contributed by atoms with van der Waals surface area (Å²) >= 11 is 3.37. The molecule has 0 aliphatic heterocycles. The molecular formula is C10H12BrN. The van der Waals surface area contributed by atoms with E-state index in [9.17, 15) is 0 Å². The highest BCUT2D eigenvalue weighted by Gasteiger charge is 1.90. The summed E-state index contributed by atoms with van der Waals surface area (Å²) in [6, 6.07) is 2.02. The Morgan fingerprint density at radius 2 is 2.42 bits per heavy atom. The van der Waals surface area contributed by atoms with Crippen molar-refractivity contribution >= 4 is 22.0 Å². The molecule has 1 heterocycles. The van der Waals surface area contributed by atoms with Crippen LogP contribution in [0.2, 0.25) is 0 Å². The van der Waals surface area contributed by atoms with Gasteiger partial charge < -0.3 is 0 Å². The highest BCUT2D eigenvalue weighted by atomic mass is 79.9. The smallest absolute Gasteiger partial charge is 0.0342 e. The molecule has 0 aromatic carbocycles. The summed E-state index contributed by atoms with van der Waals surface area (Å²) in [5, 5.41) is 1.02. The topological polar surface area (TPSA) is 12.9 Å². The van der Waals surface area contributed by atoms with Crippen molar-refractivity contribution in [1.82, 2.24) is 4.98 Å². The number of alkyl halides is 1. The van der Waals surface area contributed by atoms with Gasteiger partial charge in [-0.3, -0.25) is 4.98 Å². The molecule has 2 heteroatoms. The average molecular weight is 226 g/mol. The maximum absolute atomic E-state index is 4.06. The Labute approximate surface area is 81.7 Å². The van der Waals surface area contributed by atoms with Gasteiger partial charge >= 0.3 is 0 Å². The Morgan fingerprint density at radius 1 is 1.58 bits per heavy atom. The first kappa shape index (κ1) is 9.46. The minimum absolute atomic E-state index is 1.02. The van der Waals surface area contributed by atoms with Crippen molar-refractivity contribution in [3.63, 3.8) is 0 Å². The van der Waals surface area contributed by atoms with E-state index in [0.29, 0.717) is 0 Å². The summed E-state index contributed by atoms with van der Waals surface area (Å²) in [7, 11) is 0. The highest BCUT2D eigenvalue weighted by Crippen LogP contribution is 2.07. The zero-order chi connectivity index (χ0) is 8.81. The quantitative estimate of drug-likeness (QED) is 0.721. The Bertz CT molecular complexity index is 268. The number of rotatable bonds is 3. The third-order valence-electron chi connectivity index (χ3n) is 1.65. The second-order valence-electron chi connectivity index (χ2n) is 2.61. The van der Waals surface area contributed by atoms with Gasteiger partial charge in [0.1, 0.15) is 0 Å². The predicted octanol–water partition coefficient (Wildman–Crippen LogP) is 3.19. The fourth-order valence-corrected chi connectivity index (χ4v) is 1.19. The number of nitrogens with zero attached hydrogens (tertiary/aromatic N) is 1. The highest BCUT2D eigenvalue weighted by molar-refractivity contribution is 9.09. The number of hydrogen-bond donors (Lipinski definition) is 0. The fraction of sp³-hybridized carbons (Fsp3) is 0.300. The van der Waals surface area contributed by atoms with Gasteiger partial charge in [0.05, 0.1) is 0 Å². The van der Waals surface area contributed by atoms with E-state index in [2.05, 4.69) is 40.0 Å². The maximum Gasteiger partial charge on any atom is 0.0342 e. The van der Waals surface area contributed by atoms with Gasteiger partial charge in [-0.05, 0) is 30.5 Å². The van der Waals surface area contributed by atoms with Crippen LogP contribution in [0.4, 0.5) is 0 Å². The van der Waals surface area contributed by atoms with E-state index in [0.717, 1.165) is 11.8 Å². The van der Waals surface area contributed by atoms with Crippen LogP contribution >= 0.6 is 15.9 Å². The summed E-state index contributed by atoms with van der Waals surface area (Å²) in [6.45, 7) is 2.09. The van der Waals surface area contributed by atoms with Crippen LogP contribution in [-0.4, -0.2) is 10.3 Å². The number of allylic oxidation sites excluding steroid dienone is 1. The van der Waals surface area contributed by atoms with Crippen molar-refractivity contribution in [3.8, 4) is 0 Å². The minimum Gasteiger partial charge on any atom is -0.264 e. The molecule has 1 aromatic rings. The third kappa shape index (κ3) is 2.78. The summed E-state index contributed by atoms with van der Waals surface area (Å²) in [5.41, 5.74) is 2.48. The van der Waals surface area contributed by atoms with Gasteiger partial charge in [-0.1, -0.05) is 28.1 Å². The van der Waals surface area contributed by atoms with E-state index in [1.54, 1.807) is 0 Å². The first-order valence-corrected chi connectivity index (χ1v) is 5.10. The Hall–Kier alpha value is -0.630. The normalized spacial score (nSPS) is 10.8. The van der Waals surface area contributed by atoms with Gasteiger partial charge in [-0.25, -0.2) is 0 Å². The molecule has 0 atom stereocenters. The maximum atomic E-state index is 4.06. The Kier molecular flexibility index (Phi) is 4.01. The average Bonchev–Trinajstić information content (AvgIpc) is 2.09. The molecule has 0 saturated heterocycles. The Balaban J connectivity index is 2.68. The van der Waals surface area contributed by atoms with Gasteiger partial charge in [0, 0.05) is 17.7 Å². The van der Waals surface area contributed by atoms with E-state index in [4.69, 9.17) is 0 Å². The molecule has 1 rings (SSSR count). The van der Waals surface area contributed by atoms with Crippen molar-refractivity contribution in [2.24, 2.45) is 0 Å². The molecular weight excluding hydrogens is 214 g/mol. The third-order valence-corrected chi connectivity index (χ3v) is 2.11. The molecule has 0 aliphatic rings. The van der Waals surface area contributed by atoms with Crippen LogP contribution in [-0.2, 0) is 0 Å². The molecule has 0 fully saturated rings. The number of halogens is 1. The van der Waals surface area contributed by atoms with Gasteiger partial charge in [-0.2, -0.15) is 0 Å². The number of aromatic nitrogens is 1. The SMILES string of the molecule is Cc1ccncc1/C=C/CCBr. The molecule has 0 radical (unpaired) electrons. The Morgan fingerprint density at radius 3 is 3.08 bits per heavy atom. The summed E-state index contributed by atoms with van der Waals surface area (Å²) in [4.78, 5) is 4.06. The zero-order valence-electron chi connectivity index (χ0n) is 7.13. The summed E-state index contributed by atoms with van der Waals surface area (Å²) < 4.78 is 0. The van der Waals surface area contributed by atoms with Crippen LogP contribution in [0.1, 0.15) is 17.5 Å². The molecule has 0 unspecified atom stereocenters. The van der Waals surface area contributed by atoms with Gasteiger partial charge in [0.2, 0.25) is 0 Å². The second kappa shape index (κ2) is 5.09. The van der Waals surface area contributed by atoms with Crippen LogP contribution < -0.4 is 0 Å². The molecule has 0 amide bonds. The molecule has 1 nitrogen and oxygen atoms in total. The number of hydrogen-bond acceptors (Lipinski definition) is 1. The lowest BCUT2D eigenvalue weighted by atomic mass is 10.1. The molecule has 0 bridgehead atoms. The molecule has 0 saturated carbocycles. The first-order valence-electron chi connectivity index (χ1n) is 3.97. The van der Waals surface area contributed by atoms with Crippen molar-refractivity contribution in [1.29, 1.82) is 0 Å². The van der Waals surface area contributed by atoms with Crippen LogP contribution in [0.15, 0.2) is 24.5 Å². The molecule has 12 heavy (non-hydrogen) atoms. The van der Waals surface area contributed by atoms with Crippen LogP contribution in [0, 0.1) is 6.92 Å². The van der Waals surface area contributed by atoms with Crippen molar-refractivity contribution in [2.45, 2.75) is 13.3 Å². The van der Waals surface area contributed by atoms with Gasteiger partial charge in [-0.15, -0.1) is 0 Å². The fourth-order valence-electron chi connectivity index (χ4n) is 0.924. The standard InChI is InChI=1S/C10H12BrN/c1-9-5-7-12-8-10(9)4-2-3-6-11/h2,4-5,7-8H,3,6H2,1H3/b4-2+. The molecule has 0 N–H and O–H groups in total. The minimum atomic E-state index is 1.02. The van der Waals surface area contributed by atoms with Gasteiger partial charge in [0.15, 0.2) is 0 Å². The second-order valence-corrected chi connectivity index (χ2v) is 3.41.